The van der Waals surface area contributed by atoms with E-state index in [1.807, 2.05) is 36.4 Å². The Morgan fingerprint density at radius 2 is 1.06 bits per heavy atom. The molecule has 0 bridgehead atoms. The molecular weight excluding hydrogens is 313 g/mol. The van der Waals surface area contributed by atoms with Gasteiger partial charge in [0, 0.05) is 0 Å². The Bertz CT molecular complexity index is 570. The summed E-state index contributed by atoms with van der Waals surface area (Å²) < 4.78 is 11.0. The predicted molar refractivity (Wildman–Crippen MR) is 77.6 cm³/mol. The van der Waals surface area contributed by atoms with Gasteiger partial charge in [-0.25, -0.2) is 0 Å². The van der Waals surface area contributed by atoms with Crippen molar-refractivity contribution in [3.63, 3.8) is 0 Å². The predicted octanol–water partition coefficient (Wildman–Crippen LogP) is 5.97. The molecule has 2 nitrogen and oxygen atoms in total. The van der Waals surface area contributed by atoms with Gasteiger partial charge in [-0.1, -0.05) is 0 Å². The molecule has 1 aliphatic rings. The molecule has 0 aliphatic carbocycles. The van der Waals surface area contributed by atoms with Gasteiger partial charge in [-0.15, -0.1) is 0 Å². The van der Waals surface area contributed by atoms with Crippen LogP contribution in [0.4, 0.5) is 0 Å². The number of hydrogen-bond acceptors (Lipinski definition) is 2. The molecule has 0 radical (unpaired) electrons. The first-order chi connectivity index (χ1) is 8.42. The van der Waals surface area contributed by atoms with Crippen LogP contribution in [0.5, 0.6) is 11.5 Å². The van der Waals surface area contributed by atoms with Gasteiger partial charge >= 0.3 is 119 Å². The molecule has 0 saturated heterocycles. The van der Waals surface area contributed by atoms with Gasteiger partial charge in [0.05, 0.1) is 0 Å². The third-order valence-corrected chi connectivity index (χ3v) is 4.74. The molecule has 2 aromatic rings. The van der Waals surface area contributed by atoms with E-state index < -0.39 is 5.12 Å². The van der Waals surface area contributed by atoms with Crippen LogP contribution in [0.15, 0.2) is 48.5 Å². The zero-order valence-electron chi connectivity index (χ0n) is 9.02. The number of fused-ring (bicyclic) bond motifs is 3. The minimum atomic E-state index is -4.20. The molecule has 0 atom stereocenters. The van der Waals surface area contributed by atoms with Gasteiger partial charge in [0.2, 0.25) is 0 Å². The Labute approximate surface area is 119 Å². The molecule has 6 heteroatoms. The molecule has 0 unspecified atom stereocenters. The van der Waals surface area contributed by atoms with Crippen LogP contribution in [0.1, 0.15) is 0 Å². The summed E-state index contributed by atoms with van der Waals surface area (Å²) >= 11 is 18.3. The molecule has 18 heavy (non-hydrogen) atoms. The van der Waals surface area contributed by atoms with Gasteiger partial charge in [-0.05, 0) is 0 Å². The summed E-state index contributed by atoms with van der Waals surface area (Å²) in [7, 11) is 0. The third-order valence-electron chi connectivity index (χ3n) is 2.54. The Hall–Kier alpha value is -0.660. The molecule has 3 rings (SSSR count). The van der Waals surface area contributed by atoms with Gasteiger partial charge in [0.25, 0.3) is 0 Å². The van der Waals surface area contributed by atoms with Gasteiger partial charge in [-0.2, -0.15) is 0 Å². The molecule has 0 saturated carbocycles. The number of benzene rings is 2. The van der Waals surface area contributed by atoms with E-state index in [9.17, 15) is 0 Å². The standard InChI is InChI=1S/C12H8Cl3O2P/c13-18(14,15)16-11-7-3-1-5-9(11)10-6-2-4-8-12(10)17-18/h1-8H. The normalized spacial score (nSPS) is 20.9. The zero-order valence-corrected chi connectivity index (χ0v) is 12.2. The van der Waals surface area contributed by atoms with Crippen LogP contribution in [0, 0.1) is 0 Å². The fourth-order valence-corrected chi connectivity index (χ4v) is 4.16. The molecule has 0 fully saturated rings. The van der Waals surface area contributed by atoms with Crippen molar-refractivity contribution in [1.29, 1.82) is 0 Å². The number of rotatable bonds is 0. The average Bonchev–Trinajstić information content (AvgIpc) is 2.38. The average molecular weight is 322 g/mol. The summed E-state index contributed by atoms with van der Waals surface area (Å²) in [6.07, 6.45) is 0. The summed E-state index contributed by atoms with van der Waals surface area (Å²) in [5.74, 6) is 1.03. The topological polar surface area (TPSA) is 18.5 Å². The summed E-state index contributed by atoms with van der Waals surface area (Å²) in [6, 6.07) is 14.8. The van der Waals surface area contributed by atoms with Crippen molar-refractivity contribution >= 4 is 38.8 Å². The molecule has 94 valence electrons. The van der Waals surface area contributed by atoms with E-state index >= 15 is 0 Å². The number of hydrogen-bond donors (Lipinski definition) is 0. The molecular formula is C12H8Cl3O2P. The van der Waals surface area contributed by atoms with Crippen molar-refractivity contribution in [3.05, 3.63) is 48.5 Å². The summed E-state index contributed by atoms with van der Waals surface area (Å²) in [6.45, 7) is 0. The van der Waals surface area contributed by atoms with E-state index in [0.717, 1.165) is 11.1 Å². The van der Waals surface area contributed by atoms with Crippen LogP contribution < -0.4 is 9.05 Å². The summed E-state index contributed by atoms with van der Waals surface area (Å²) in [5.41, 5.74) is 1.70. The molecule has 0 aromatic heterocycles. The van der Waals surface area contributed by atoms with Crippen molar-refractivity contribution in [1.82, 2.24) is 0 Å². The molecule has 0 amide bonds. The monoisotopic (exact) mass is 320 g/mol. The zero-order chi connectivity index (χ0) is 12.8. The van der Waals surface area contributed by atoms with Crippen molar-refractivity contribution in [2.45, 2.75) is 0 Å². The maximum absolute atomic E-state index is 6.10. The first-order valence-electron chi connectivity index (χ1n) is 5.19. The first-order valence-corrected chi connectivity index (χ1v) is 9.97. The molecule has 2 aromatic carbocycles. The van der Waals surface area contributed by atoms with Crippen molar-refractivity contribution in [3.8, 4) is 22.6 Å². The van der Waals surface area contributed by atoms with E-state index in [1.165, 1.54) is 0 Å². The second-order valence-corrected chi connectivity index (χ2v) is 12.7. The Balaban J connectivity index is 2.32. The Morgan fingerprint density at radius 1 is 0.667 bits per heavy atom. The quantitative estimate of drug-likeness (QED) is 0.557. The molecule has 1 aliphatic heterocycles. The SMILES string of the molecule is ClP1(Cl)(Cl)Oc2ccccc2-c2ccccc2O1. The number of para-hydroxylation sites is 2. The van der Waals surface area contributed by atoms with Crippen LogP contribution in [-0.2, 0) is 0 Å². The van der Waals surface area contributed by atoms with Crippen LogP contribution >= 0.6 is 38.8 Å². The van der Waals surface area contributed by atoms with Crippen molar-refractivity contribution in [2.24, 2.45) is 0 Å². The maximum atomic E-state index is 6.10. The van der Waals surface area contributed by atoms with Crippen LogP contribution in [0.25, 0.3) is 11.1 Å². The van der Waals surface area contributed by atoms with Crippen molar-refractivity contribution in [2.75, 3.05) is 0 Å². The van der Waals surface area contributed by atoms with Crippen LogP contribution in [-0.4, -0.2) is 0 Å². The molecule has 0 N–H and O–H groups in total. The first kappa shape index (κ1) is 12.4. The van der Waals surface area contributed by atoms with Crippen LogP contribution in [0.3, 0.4) is 0 Å². The Morgan fingerprint density at radius 3 is 1.50 bits per heavy atom. The summed E-state index contributed by atoms with van der Waals surface area (Å²) in [4.78, 5) is 0. The van der Waals surface area contributed by atoms with Crippen LogP contribution in [0.2, 0.25) is 0 Å². The van der Waals surface area contributed by atoms with Gasteiger partial charge in [0.15, 0.2) is 0 Å². The Kier molecular flexibility index (Phi) is 2.69. The summed E-state index contributed by atoms with van der Waals surface area (Å²) in [5, 5.41) is -4.20. The van der Waals surface area contributed by atoms with E-state index in [1.54, 1.807) is 12.1 Å². The van der Waals surface area contributed by atoms with Gasteiger partial charge in [0.1, 0.15) is 0 Å². The minimum absolute atomic E-state index is 0.514. The number of halogens is 3. The van der Waals surface area contributed by atoms with Gasteiger partial charge in [-0.3, -0.25) is 0 Å². The van der Waals surface area contributed by atoms with E-state index in [2.05, 4.69) is 0 Å². The van der Waals surface area contributed by atoms with E-state index in [4.69, 9.17) is 42.8 Å². The third kappa shape index (κ3) is 2.26. The second-order valence-electron chi connectivity index (χ2n) is 3.86. The fourth-order valence-electron chi connectivity index (χ4n) is 1.86. The van der Waals surface area contributed by atoms with Gasteiger partial charge < -0.3 is 0 Å². The van der Waals surface area contributed by atoms with Crippen molar-refractivity contribution < 1.29 is 9.05 Å². The molecule has 0 spiro atoms. The second kappa shape index (κ2) is 3.91. The van der Waals surface area contributed by atoms with E-state index in [0.29, 0.717) is 11.5 Å². The fraction of sp³-hybridized carbons (Fsp3) is 0. The molecule has 1 heterocycles. The van der Waals surface area contributed by atoms with E-state index in [-0.39, 0.29) is 0 Å².